The molecule has 0 saturated heterocycles. The van der Waals surface area contributed by atoms with Gasteiger partial charge in [0.05, 0.1) is 25.5 Å². The third-order valence-electron chi connectivity index (χ3n) is 3.03. The summed E-state index contributed by atoms with van der Waals surface area (Å²) in [6.07, 6.45) is -0.671. The van der Waals surface area contributed by atoms with Crippen LogP contribution >= 0.6 is 0 Å². The number of nitrogens with one attached hydrogen (secondary N) is 2. The number of amides is 2. The molecule has 7 heteroatoms. The molecule has 0 atom stereocenters. The van der Waals surface area contributed by atoms with Crippen molar-refractivity contribution in [1.82, 2.24) is 0 Å². The fourth-order valence-corrected chi connectivity index (χ4v) is 1.91. The maximum atomic E-state index is 12.3. The molecular weight excluding hydrogens is 300 g/mol. The predicted octanol–water partition coefficient (Wildman–Crippen LogP) is 2.83. The van der Waals surface area contributed by atoms with Crippen LogP contribution in [0.25, 0.3) is 0 Å². The first-order valence-corrected chi connectivity index (χ1v) is 6.67. The largest absolute Gasteiger partial charge is 0.507 e. The molecule has 2 aromatic carbocycles. The van der Waals surface area contributed by atoms with E-state index in [9.17, 15) is 14.7 Å². The third-order valence-corrected chi connectivity index (χ3v) is 3.03. The molecule has 2 rings (SSSR count). The molecule has 0 saturated carbocycles. The predicted molar refractivity (Wildman–Crippen MR) is 85.1 cm³/mol. The number of carbonyl (C=O) groups excluding carboxylic acids is 2. The van der Waals surface area contributed by atoms with Crippen molar-refractivity contribution in [2.24, 2.45) is 0 Å². The summed E-state index contributed by atoms with van der Waals surface area (Å²) in [6.45, 7) is 0. The van der Waals surface area contributed by atoms with E-state index in [4.69, 9.17) is 4.74 Å². The van der Waals surface area contributed by atoms with E-state index < -0.39 is 12.0 Å². The maximum absolute atomic E-state index is 12.3. The lowest BCUT2D eigenvalue weighted by Crippen LogP contribution is -2.14. The molecule has 0 bridgehead atoms. The number of phenols is 1. The SMILES string of the molecule is COC(=O)Nc1ccc(C(=O)Nc2ccccc2OC)c(O)c1. The van der Waals surface area contributed by atoms with Gasteiger partial charge in [0.15, 0.2) is 0 Å². The van der Waals surface area contributed by atoms with Crippen LogP contribution in [0.3, 0.4) is 0 Å². The number of benzene rings is 2. The van der Waals surface area contributed by atoms with Gasteiger partial charge < -0.3 is 19.9 Å². The minimum absolute atomic E-state index is 0.0614. The number of ether oxygens (including phenoxy) is 2. The molecule has 0 unspecified atom stereocenters. The summed E-state index contributed by atoms with van der Waals surface area (Å²) in [5.74, 6) is -0.271. The number of rotatable bonds is 4. The van der Waals surface area contributed by atoms with Gasteiger partial charge in [0.25, 0.3) is 5.91 Å². The summed E-state index contributed by atoms with van der Waals surface area (Å²) in [5.41, 5.74) is 0.852. The molecule has 0 aliphatic carbocycles. The van der Waals surface area contributed by atoms with E-state index in [1.54, 1.807) is 24.3 Å². The highest BCUT2D eigenvalue weighted by Gasteiger charge is 2.14. The number of hydrogen-bond acceptors (Lipinski definition) is 5. The van der Waals surface area contributed by atoms with Crippen molar-refractivity contribution in [3.63, 3.8) is 0 Å². The zero-order chi connectivity index (χ0) is 16.8. The van der Waals surface area contributed by atoms with Crippen molar-refractivity contribution in [2.75, 3.05) is 24.9 Å². The van der Waals surface area contributed by atoms with E-state index in [1.807, 2.05) is 0 Å². The van der Waals surface area contributed by atoms with Crippen LogP contribution in [0, 0.1) is 0 Å². The standard InChI is InChI=1S/C16H16N2O5/c1-22-14-6-4-3-5-12(14)18-15(20)11-8-7-10(9-13(11)19)17-16(21)23-2/h3-9,19H,1-2H3,(H,17,21)(H,18,20). The molecule has 0 aromatic heterocycles. The monoisotopic (exact) mass is 316 g/mol. The Morgan fingerprint density at radius 1 is 1.04 bits per heavy atom. The molecular formula is C16H16N2O5. The van der Waals surface area contributed by atoms with Crippen LogP contribution in [0.2, 0.25) is 0 Å². The van der Waals surface area contributed by atoms with E-state index in [-0.39, 0.29) is 11.3 Å². The van der Waals surface area contributed by atoms with Gasteiger partial charge in [-0.2, -0.15) is 0 Å². The number of para-hydroxylation sites is 2. The normalized spacial score (nSPS) is 9.83. The molecule has 120 valence electrons. The average molecular weight is 316 g/mol. The van der Waals surface area contributed by atoms with Gasteiger partial charge in [0, 0.05) is 11.8 Å². The van der Waals surface area contributed by atoms with Crippen molar-refractivity contribution in [3.8, 4) is 11.5 Å². The molecule has 0 radical (unpaired) electrons. The van der Waals surface area contributed by atoms with Gasteiger partial charge in [-0.3, -0.25) is 10.1 Å². The van der Waals surface area contributed by atoms with Crippen molar-refractivity contribution in [2.45, 2.75) is 0 Å². The van der Waals surface area contributed by atoms with E-state index in [2.05, 4.69) is 15.4 Å². The summed E-state index contributed by atoms with van der Waals surface area (Å²) in [5, 5.41) is 15.0. The smallest absolute Gasteiger partial charge is 0.411 e. The zero-order valence-corrected chi connectivity index (χ0v) is 12.6. The molecule has 0 heterocycles. The Morgan fingerprint density at radius 3 is 2.43 bits per heavy atom. The lowest BCUT2D eigenvalue weighted by molar-refractivity contribution is 0.102. The first-order chi connectivity index (χ1) is 11.0. The van der Waals surface area contributed by atoms with E-state index in [0.29, 0.717) is 17.1 Å². The van der Waals surface area contributed by atoms with Crippen LogP contribution in [0.4, 0.5) is 16.2 Å². The summed E-state index contributed by atoms with van der Waals surface area (Å²) in [7, 11) is 2.72. The van der Waals surface area contributed by atoms with Crippen LogP contribution in [-0.4, -0.2) is 31.3 Å². The molecule has 23 heavy (non-hydrogen) atoms. The van der Waals surface area contributed by atoms with Crippen LogP contribution in [0.1, 0.15) is 10.4 Å². The van der Waals surface area contributed by atoms with Crippen molar-refractivity contribution in [1.29, 1.82) is 0 Å². The lowest BCUT2D eigenvalue weighted by atomic mass is 10.1. The molecule has 0 spiro atoms. The molecule has 7 nitrogen and oxygen atoms in total. The molecule has 0 fully saturated rings. The Bertz CT molecular complexity index is 730. The van der Waals surface area contributed by atoms with E-state index in [0.717, 1.165) is 0 Å². The highest BCUT2D eigenvalue weighted by atomic mass is 16.5. The Balaban J connectivity index is 2.18. The highest BCUT2D eigenvalue weighted by Crippen LogP contribution is 2.26. The zero-order valence-electron chi connectivity index (χ0n) is 12.6. The molecule has 2 amide bonds. The first-order valence-electron chi connectivity index (χ1n) is 6.67. The Morgan fingerprint density at radius 2 is 1.78 bits per heavy atom. The summed E-state index contributed by atoms with van der Waals surface area (Å²) in [6, 6.07) is 11.0. The van der Waals surface area contributed by atoms with Crippen molar-refractivity contribution in [3.05, 3.63) is 48.0 Å². The minimum atomic E-state index is -0.671. The summed E-state index contributed by atoms with van der Waals surface area (Å²) >= 11 is 0. The van der Waals surface area contributed by atoms with E-state index in [1.165, 1.54) is 32.4 Å². The fraction of sp³-hybridized carbons (Fsp3) is 0.125. The van der Waals surface area contributed by atoms with Crippen LogP contribution in [0.15, 0.2) is 42.5 Å². The minimum Gasteiger partial charge on any atom is -0.507 e. The second-order valence-electron chi connectivity index (χ2n) is 4.50. The van der Waals surface area contributed by atoms with Crippen LogP contribution in [0.5, 0.6) is 11.5 Å². The lowest BCUT2D eigenvalue weighted by Gasteiger charge is -2.11. The molecule has 3 N–H and O–H groups in total. The van der Waals surface area contributed by atoms with Gasteiger partial charge in [-0.05, 0) is 24.3 Å². The van der Waals surface area contributed by atoms with Gasteiger partial charge in [-0.25, -0.2) is 4.79 Å². The number of methoxy groups -OCH3 is 2. The molecule has 0 aliphatic heterocycles. The highest BCUT2D eigenvalue weighted by molar-refractivity contribution is 6.07. The molecule has 2 aromatic rings. The van der Waals surface area contributed by atoms with Crippen LogP contribution < -0.4 is 15.4 Å². The van der Waals surface area contributed by atoms with Crippen molar-refractivity contribution < 1.29 is 24.2 Å². The van der Waals surface area contributed by atoms with Crippen LogP contribution in [-0.2, 0) is 4.74 Å². The first kappa shape index (κ1) is 16.2. The number of carbonyl (C=O) groups is 2. The van der Waals surface area contributed by atoms with Gasteiger partial charge in [0.2, 0.25) is 0 Å². The molecule has 0 aliphatic rings. The maximum Gasteiger partial charge on any atom is 0.411 e. The Hall–Kier alpha value is -3.22. The Labute approximate surface area is 132 Å². The number of phenolic OH excluding ortho intramolecular Hbond substituents is 1. The second-order valence-corrected chi connectivity index (χ2v) is 4.50. The topological polar surface area (TPSA) is 96.9 Å². The number of aromatic hydroxyl groups is 1. The second kappa shape index (κ2) is 7.17. The van der Waals surface area contributed by atoms with Crippen molar-refractivity contribution >= 4 is 23.4 Å². The number of anilines is 2. The number of hydrogen-bond donors (Lipinski definition) is 3. The third kappa shape index (κ3) is 3.91. The Kier molecular flexibility index (Phi) is 5.03. The van der Waals surface area contributed by atoms with Gasteiger partial charge in [0.1, 0.15) is 11.5 Å². The van der Waals surface area contributed by atoms with Gasteiger partial charge in [-0.15, -0.1) is 0 Å². The average Bonchev–Trinajstić information content (AvgIpc) is 2.55. The summed E-state index contributed by atoms with van der Waals surface area (Å²) < 4.78 is 9.60. The van der Waals surface area contributed by atoms with E-state index >= 15 is 0 Å². The van der Waals surface area contributed by atoms with Gasteiger partial charge in [-0.1, -0.05) is 12.1 Å². The quantitative estimate of drug-likeness (QED) is 0.806. The van der Waals surface area contributed by atoms with Gasteiger partial charge >= 0.3 is 6.09 Å². The fourth-order valence-electron chi connectivity index (χ4n) is 1.91. The summed E-state index contributed by atoms with van der Waals surface area (Å²) in [4.78, 5) is 23.4.